The van der Waals surface area contributed by atoms with E-state index in [1.165, 1.54) is 0 Å². The van der Waals surface area contributed by atoms with Gasteiger partial charge in [-0.05, 0) is 6.08 Å². The van der Waals surface area contributed by atoms with Crippen LogP contribution in [-0.2, 0) is 4.79 Å². The maximum Gasteiger partial charge on any atom is 0.328 e. The molecule has 0 atom stereocenters. The van der Waals surface area contributed by atoms with Crippen molar-refractivity contribution in [2.75, 3.05) is 0 Å². The zero-order chi connectivity index (χ0) is 6.57. The van der Waals surface area contributed by atoms with E-state index in [4.69, 9.17) is 10.8 Å². The van der Waals surface area contributed by atoms with Crippen LogP contribution in [0.25, 0.3) is 0 Å². The summed E-state index contributed by atoms with van der Waals surface area (Å²) in [5.41, 5.74) is 4.92. The third kappa shape index (κ3) is 5.10. The van der Waals surface area contributed by atoms with Crippen LogP contribution in [-0.4, -0.2) is 16.1 Å². The molecule has 0 aliphatic heterocycles. The maximum absolute atomic E-state index is 9.70. The SMILES string of the molecule is NC(=S)/C=C\C(=O)O. The third-order valence-electron chi connectivity index (χ3n) is 0.390. The molecule has 0 unspecified atom stereocenters. The molecular formula is C4H5NO2S. The highest BCUT2D eigenvalue weighted by atomic mass is 32.1. The first kappa shape index (κ1) is 7.10. The number of rotatable bonds is 2. The van der Waals surface area contributed by atoms with Gasteiger partial charge in [-0.3, -0.25) is 0 Å². The number of carboxylic acids is 1. The molecule has 0 aromatic heterocycles. The molecule has 8 heavy (non-hydrogen) atoms. The summed E-state index contributed by atoms with van der Waals surface area (Å²) in [4.78, 5) is 9.78. The molecule has 3 nitrogen and oxygen atoms in total. The molecule has 0 fully saturated rings. The normalized spacial score (nSPS) is 9.50. The molecule has 0 amide bonds. The van der Waals surface area contributed by atoms with Gasteiger partial charge < -0.3 is 10.8 Å². The predicted octanol–water partition coefficient (Wildman–Crippen LogP) is -0.0867. The molecule has 0 saturated carbocycles. The van der Waals surface area contributed by atoms with E-state index in [9.17, 15) is 4.79 Å². The predicted molar refractivity (Wildman–Crippen MR) is 33.6 cm³/mol. The lowest BCUT2D eigenvalue weighted by molar-refractivity contribution is -0.131. The lowest BCUT2D eigenvalue weighted by Gasteiger charge is -1.78. The molecule has 0 aliphatic carbocycles. The number of hydrogen-bond acceptors (Lipinski definition) is 2. The topological polar surface area (TPSA) is 63.3 Å². The van der Waals surface area contributed by atoms with Crippen molar-refractivity contribution in [1.29, 1.82) is 0 Å². The van der Waals surface area contributed by atoms with Gasteiger partial charge in [0, 0.05) is 6.08 Å². The summed E-state index contributed by atoms with van der Waals surface area (Å²) in [5.74, 6) is -1.04. The molecule has 0 bridgehead atoms. The Labute approximate surface area is 51.8 Å². The minimum absolute atomic E-state index is 0.0763. The Kier molecular flexibility index (Phi) is 2.79. The second kappa shape index (κ2) is 3.15. The Bertz CT molecular complexity index is 125. The van der Waals surface area contributed by atoms with Crippen LogP contribution in [0.4, 0.5) is 0 Å². The first-order chi connectivity index (χ1) is 3.63. The third-order valence-corrected chi connectivity index (χ3v) is 0.526. The van der Waals surface area contributed by atoms with Gasteiger partial charge in [-0.25, -0.2) is 4.79 Å². The summed E-state index contributed by atoms with van der Waals surface area (Å²) >= 11 is 4.34. The van der Waals surface area contributed by atoms with Crippen LogP contribution in [0.15, 0.2) is 12.2 Å². The van der Waals surface area contributed by atoms with Crippen molar-refractivity contribution < 1.29 is 9.90 Å². The fraction of sp³-hybridized carbons (Fsp3) is 0. The average Bonchev–Trinajstić information content (AvgIpc) is 1.61. The van der Waals surface area contributed by atoms with Crippen molar-refractivity contribution in [2.45, 2.75) is 0 Å². The van der Waals surface area contributed by atoms with Gasteiger partial charge in [-0.15, -0.1) is 0 Å². The largest absolute Gasteiger partial charge is 0.478 e. The van der Waals surface area contributed by atoms with Crippen LogP contribution in [0.2, 0.25) is 0 Å². The molecule has 0 aromatic carbocycles. The highest BCUT2D eigenvalue weighted by molar-refractivity contribution is 7.80. The van der Waals surface area contributed by atoms with Gasteiger partial charge in [0.05, 0.1) is 4.99 Å². The molecule has 0 spiro atoms. The van der Waals surface area contributed by atoms with Crippen LogP contribution >= 0.6 is 12.2 Å². The second-order valence-corrected chi connectivity index (χ2v) is 1.55. The Morgan fingerprint density at radius 3 is 2.25 bits per heavy atom. The second-order valence-electron chi connectivity index (χ2n) is 1.07. The van der Waals surface area contributed by atoms with Gasteiger partial charge in [0.1, 0.15) is 0 Å². The number of hydrogen-bond donors (Lipinski definition) is 2. The Morgan fingerprint density at radius 2 is 2.12 bits per heavy atom. The Balaban J connectivity index is 3.67. The molecule has 0 saturated heterocycles. The quantitative estimate of drug-likeness (QED) is 0.406. The van der Waals surface area contributed by atoms with E-state index in [2.05, 4.69) is 12.2 Å². The van der Waals surface area contributed by atoms with Crippen molar-refractivity contribution in [3.8, 4) is 0 Å². The highest BCUT2D eigenvalue weighted by Crippen LogP contribution is 1.71. The highest BCUT2D eigenvalue weighted by Gasteiger charge is 1.83. The van der Waals surface area contributed by atoms with Gasteiger partial charge in [0.25, 0.3) is 0 Å². The van der Waals surface area contributed by atoms with Crippen LogP contribution in [0, 0.1) is 0 Å². The van der Waals surface area contributed by atoms with Crippen molar-refractivity contribution in [3.05, 3.63) is 12.2 Å². The number of thiocarbonyl (C=S) groups is 1. The maximum atomic E-state index is 9.70. The summed E-state index contributed by atoms with van der Waals surface area (Å²) in [6.45, 7) is 0. The monoisotopic (exact) mass is 131 g/mol. The number of aliphatic carboxylic acids is 1. The van der Waals surface area contributed by atoms with Crippen LogP contribution < -0.4 is 5.73 Å². The van der Waals surface area contributed by atoms with Crippen LogP contribution in [0.5, 0.6) is 0 Å². The Morgan fingerprint density at radius 1 is 1.62 bits per heavy atom. The van der Waals surface area contributed by atoms with Crippen molar-refractivity contribution >= 4 is 23.2 Å². The lowest BCUT2D eigenvalue weighted by atomic mass is 10.5. The smallest absolute Gasteiger partial charge is 0.328 e. The first-order valence-corrected chi connectivity index (χ1v) is 2.24. The van der Waals surface area contributed by atoms with Gasteiger partial charge in [0.2, 0.25) is 0 Å². The molecule has 44 valence electrons. The molecule has 4 heteroatoms. The van der Waals surface area contributed by atoms with E-state index in [0.717, 1.165) is 12.2 Å². The van der Waals surface area contributed by atoms with Gasteiger partial charge in [-0.2, -0.15) is 0 Å². The fourth-order valence-corrected chi connectivity index (χ4v) is 0.221. The number of carboxylic acid groups (broad SMARTS) is 1. The van der Waals surface area contributed by atoms with Crippen molar-refractivity contribution in [1.82, 2.24) is 0 Å². The first-order valence-electron chi connectivity index (χ1n) is 1.83. The minimum Gasteiger partial charge on any atom is -0.478 e. The standard InChI is InChI=1S/C4H5NO2S/c5-3(8)1-2-4(6)7/h1-2H,(H2,5,8)(H,6,7)/b2-1-. The average molecular weight is 131 g/mol. The summed E-state index contributed by atoms with van der Waals surface area (Å²) in [6.07, 6.45) is 2.04. The van der Waals surface area contributed by atoms with Gasteiger partial charge in [-0.1, -0.05) is 12.2 Å². The van der Waals surface area contributed by atoms with Crippen LogP contribution in [0.3, 0.4) is 0 Å². The summed E-state index contributed by atoms with van der Waals surface area (Å²) in [6, 6.07) is 0. The molecule has 0 aliphatic rings. The molecule has 0 heterocycles. The van der Waals surface area contributed by atoms with Crippen LogP contribution in [0.1, 0.15) is 0 Å². The Hall–Kier alpha value is -0.900. The van der Waals surface area contributed by atoms with E-state index in [1.807, 2.05) is 0 Å². The van der Waals surface area contributed by atoms with Gasteiger partial charge >= 0.3 is 5.97 Å². The number of carbonyl (C=O) groups is 1. The number of nitrogens with two attached hydrogens (primary N) is 1. The van der Waals surface area contributed by atoms with E-state index in [-0.39, 0.29) is 4.99 Å². The van der Waals surface area contributed by atoms with E-state index >= 15 is 0 Å². The van der Waals surface area contributed by atoms with E-state index in [0.29, 0.717) is 0 Å². The fourth-order valence-electron chi connectivity index (χ4n) is 0.153. The summed E-state index contributed by atoms with van der Waals surface area (Å²) < 4.78 is 0. The summed E-state index contributed by atoms with van der Waals surface area (Å²) in [5, 5.41) is 7.96. The molecular weight excluding hydrogens is 126 g/mol. The molecule has 0 aromatic rings. The minimum atomic E-state index is -1.04. The molecule has 0 radical (unpaired) electrons. The van der Waals surface area contributed by atoms with E-state index < -0.39 is 5.97 Å². The lowest BCUT2D eigenvalue weighted by Crippen LogP contribution is -2.03. The van der Waals surface area contributed by atoms with Gasteiger partial charge in [0.15, 0.2) is 0 Å². The zero-order valence-electron chi connectivity index (χ0n) is 4.00. The molecule has 3 N–H and O–H groups in total. The summed E-state index contributed by atoms with van der Waals surface area (Å²) in [7, 11) is 0. The van der Waals surface area contributed by atoms with E-state index in [1.54, 1.807) is 0 Å². The molecule has 0 rings (SSSR count). The zero-order valence-corrected chi connectivity index (χ0v) is 4.81. The van der Waals surface area contributed by atoms with Crippen molar-refractivity contribution in [2.24, 2.45) is 5.73 Å². The van der Waals surface area contributed by atoms with Crippen molar-refractivity contribution in [3.63, 3.8) is 0 Å².